The van der Waals surface area contributed by atoms with E-state index in [1.807, 2.05) is 38.3 Å². The summed E-state index contributed by atoms with van der Waals surface area (Å²) >= 11 is 0. The third-order valence-corrected chi connectivity index (χ3v) is 5.80. The number of amides is 3. The van der Waals surface area contributed by atoms with Crippen molar-refractivity contribution in [3.63, 3.8) is 0 Å². The topological polar surface area (TPSA) is 209 Å². The molecular weight excluding hydrogens is 536 g/mol. The molecule has 1 unspecified atom stereocenters. The fourth-order valence-electron chi connectivity index (χ4n) is 2.80. The van der Waals surface area contributed by atoms with Gasteiger partial charge >= 0.3 is 6.09 Å². The highest BCUT2D eigenvalue weighted by Gasteiger charge is 2.14. The lowest BCUT2D eigenvalue weighted by atomic mass is 10.1. The van der Waals surface area contributed by atoms with Crippen LogP contribution in [-0.4, -0.2) is 75.2 Å². The minimum absolute atomic E-state index is 0.250. The minimum atomic E-state index is -0.594. The highest BCUT2D eigenvalue weighted by atomic mass is 32.2. The molecule has 0 aromatic heterocycles. The van der Waals surface area contributed by atoms with Crippen LogP contribution in [0.3, 0.4) is 0 Å². The van der Waals surface area contributed by atoms with E-state index in [2.05, 4.69) is 30.9 Å². The summed E-state index contributed by atoms with van der Waals surface area (Å²) in [5.74, 6) is 0.500. The molecule has 0 saturated carbocycles. The number of nitrogens with two attached hydrogens (primary N) is 3. The molecule has 0 spiro atoms. The highest BCUT2D eigenvalue weighted by Crippen LogP contribution is 2.36. The van der Waals surface area contributed by atoms with Crippen molar-refractivity contribution in [1.82, 2.24) is 5.43 Å². The molecule has 14 heteroatoms. The number of rotatable bonds is 16. The Bertz CT molecular complexity index is 1090. The molecular formula is C26H42N8O5S. The lowest BCUT2D eigenvalue weighted by Gasteiger charge is -2.16. The molecule has 0 fully saturated rings. The van der Waals surface area contributed by atoms with Crippen molar-refractivity contribution >= 4 is 52.4 Å². The number of nitrogens with zero attached hydrogens (tertiary/aromatic N) is 3. The number of hydrogen-bond donors (Lipinski definition) is 5. The van der Waals surface area contributed by atoms with Crippen LogP contribution in [0.1, 0.15) is 37.6 Å². The normalized spacial score (nSPS) is 12.3. The molecule has 1 aromatic carbocycles. The van der Waals surface area contributed by atoms with E-state index in [4.69, 9.17) is 25.7 Å². The Morgan fingerprint density at radius 3 is 2.55 bits per heavy atom. The zero-order valence-corrected chi connectivity index (χ0v) is 24.4. The third-order valence-electron chi connectivity index (χ3n) is 4.46. The number of anilines is 1. The molecule has 0 radical (unpaired) electrons. The maximum Gasteiger partial charge on any atom is 0.439 e. The van der Waals surface area contributed by atoms with Gasteiger partial charge in [-0.15, -0.1) is 0 Å². The molecule has 8 N–H and O–H groups in total. The standard InChI is InChI=1S/C25H39N7O4S.CH3NO/c1-5-30-31-19(3)11-9-14-28-21-17-20(24(27)33)18-22(23(21)29-13-8-7-12-26)36-15-10-16-37(4)32-25(34)35-6-2;2-1-3/h7-9,11,14,17-18,29-30H,5-6,10,12-13,15-16,26H2,1-4H3,(H2,27,33);1H,(H2,2,3)/b8-7+,11-9+,28-14?,31-19-;. The SMILES string of the molecule is CCN/N=C(C)\C=C\C=Nc1cc(C(N)=O)cc(OCCCS(C)=NC(=O)OCC)c1NC/C=C/CN.NC=O. The zero-order chi connectivity index (χ0) is 30.2. The van der Waals surface area contributed by atoms with E-state index in [1.54, 1.807) is 31.3 Å². The Hall–Kier alpha value is -4.04. The molecule has 0 aliphatic carbocycles. The van der Waals surface area contributed by atoms with Crippen LogP contribution in [0.2, 0.25) is 0 Å². The van der Waals surface area contributed by atoms with Gasteiger partial charge < -0.3 is 37.4 Å². The minimum Gasteiger partial charge on any atom is -0.491 e. The molecule has 0 aliphatic rings. The number of primary amides is 2. The van der Waals surface area contributed by atoms with E-state index in [0.717, 1.165) is 12.3 Å². The van der Waals surface area contributed by atoms with Crippen molar-refractivity contribution in [2.24, 2.45) is 31.7 Å². The van der Waals surface area contributed by atoms with Gasteiger partial charge in [0.2, 0.25) is 12.3 Å². The molecule has 0 aliphatic heterocycles. The predicted molar refractivity (Wildman–Crippen MR) is 164 cm³/mol. The summed E-state index contributed by atoms with van der Waals surface area (Å²) in [6.07, 6.45) is 11.1. The second kappa shape index (κ2) is 22.9. The summed E-state index contributed by atoms with van der Waals surface area (Å²) in [5.41, 5.74) is 20.3. The number of aliphatic imine (C=N–C) groups is 1. The zero-order valence-electron chi connectivity index (χ0n) is 23.6. The molecule has 222 valence electrons. The van der Waals surface area contributed by atoms with Gasteiger partial charge in [-0.25, -0.2) is 4.79 Å². The Morgan fingerprint density at radius 2 is 1.93 bits per heavy atom. The van der Waals surface area contributed by atoms with Gasteiger partial charge in [0.15, 0.2) is 0 Å². The van der Waals surface area contributed by atoms with E-state index in [0.29, 0.717) is 55.6 Å². The van der Waals surface area contributed by atoms with Crippen molar-refractivity contribution in [3.05, 3.63) is 42.0 Å². The van der Waals surface area contributed by atoms with Gasteiger partial charge in [-0.1, -0.05) is 22.8 Å². The molecule has 3 amide bonds. The fourth-order valence-corrected chi connectivity index (χ4v) is 3.73. The van der Waals surface area contributed by atoms with Gasteiger partial charge in [0.25, 0.3) is 0 Å². The summed E-state index contributed by atoms with van der Waals surface area (Å²) in [4.78, 5) is 36.6. The molecule has 0 saturated heterocycles. The fraction of sp³-hybridized carbons (Fsp3) is 0.423. The van der Waals surface area contributed by atoms with E-state index in [1.165, 1.54) is 0 Å². The summed E-state index contributed by atoms with van der Waals surface area (Å²) in [7, 11) is -0.485. The summed E-state index contributed by atoms with van der Waals surface area (Å²) in [5, 5.41) is 7.45. The molecule has 13 nitrogen and oxygen atoms in total. The van der Waals surface area contributed by atoms with Crippen LogP contribution >= 0.6 is 0 Å². The third kappa shape index (κ3) is 16.7. The largest absolute Gasteiger partial charge is 0.491 e. The van der Waals surface area contributed by atoms with Gasteiger partial charge in [0, 0.05) is 37.2 Å². The summed E-state index contributed by atoms with van der Waals surface area (Å²) in [6, 6.07) is 3.20. The average Bonchev–Trinajstić information content (AvgIpc) is 2.91. The maximum atomic E-state index is 12.0. The molecule has 1 atom stereocenters. The first kappa shape index (κ1) is 36.0. The second-order valence-electron chi connectivity index (χ2n) is 7.66. The summed E-state index contributed by atoms with van der Waals surface area (Å²) in [6.45, 7) is 7.83. The molecule has 1 aromatic rings. The van der Waals surface area contributed by atoms with Crippen LogP contribution in [0, 0.1) is 0 Å². The molecule has 40 heavy (non-hydrogen) atoms. The van der Waals surface area contributed by atoms with Gasteiger partial charge in [-0.2, -0.15) is 9.46 Å². The van der Waals surface area contributed by atoms with Crippen molar-refractivity contribution < 1.29 is 23.9 Å². The van der Waals surface area contributed by atoms with Crippen LogP contribution in [-0.2, 0) is 20.2 Å². The van der Waals surface area contributed by atoms with Crippen LogP contribution in [0.15, 0.2) is 50.9 Å². The first-order valence-corrected chi connectivity index (χ1v) is 14.3. The first-order chi connectivity index (χ1) is 19.2. The van der Waals surface area contributed by atoms with Crippen LogP contribution in [0.4, 0.5) is 16.2 Å². The Morgan fingerprint density at radius 1 is 1.20 bits per heavy atom. The van der Waals surface area contributed by atoms with E-state index in [9.17, 15) is 9.59 Å². The average molecular weight is 579 g/mol. The van der Waals surface area contributed by atoms with Crippen LogP contribution in [0.5, 0.6) is 5.75 Å². The quantitative estimate of drug-likeness (QED) is 0.0645. The van der Waals surface area contributed by atoms with E-state index < -0.39 is 22.7 Å². The van der Waals surface area contributed by atoms with Crippen molar-refractivity contribution in [2.75, 3.05) is 50.2 Å². The smallest absolute Gasteiger partial charge is 0.439 e. The predicted octanol–water partition coefficient (Wildman–Crippen LogP) is 2.41. The van der Waals surface area contributed by atoms with Gasteiger partial charge in [0.1, 0.15) is 11.4 Å². The van der Waals surface area contributed by atoms with Crippen LogP contribution in [0.25, 0.3) is 0 Å². The Kier molecular flexibility index (Phi) is 20.6. The van der Waals surface area contributed by atoms with E-state index >= 15 is 0 Å². The first-order valence-electron chi connectivity index (χ1n) is 12.6. The van der Waals surface area contributed by atoms with Gasteiger partial charge in [-0.3, -0.25) is 14.6 Å². The number of hydrogen-bond acceptors (Lipinski definition) is 10. The lowest BCUT2D eigenvalue weighted by molar-refractivity contribution is -0.106. The number of nitrogens with one attached hydrogen (secondary N) is 2. The van der Waals surface area contributed by atoms with Gasteiger partial charge in [-0.05, 0) is 57.7 Å². The number of ether oxygens (including phenoxy) is 2. The van der Waals surface area contributed by atoms with Crippen molar-refractivity contribution in [1.29, 1.82) is 0 Å². The number of benzene rings is 1. The Labute approximate surface area is 238 Å². The molecule has 0 bridgehead atoms. The van der Waals surface area contributed by atoms with Crippen LogP contribution < -0.4 is 32.7 Å². The second-order valence-corrected chi connectivity index (χ2v) is 9.45. The van der Waals surface area contributed by atoms with Crippen molar-refractivity contribution in [2.45, 2.75) is 27.2 Å². The molecule has 0 heterocycles. The van der Waals surface area contributed by atoms with Crippen molar-refractivity contribution in [3.8, 4) is 5.75 Å². The van der Waals surface area contributed by atoms with Gasteiger partial charge in [0.05, 0.1) is 24.6 Å². The number of carbonyl (C=O) groups is 3. The molecule has 1 rings (SSSR count). The number of allylic oxidation sites excluding steroid dienone is 2. The highest BCUT2D eigenvalue weighted by molar-refractivity contribution is 7.86. The summed E-state index contributed by atoms with van der Waals surface area (Å²) < 4.78 is 14.9. The van der Waals surface area contributed by atoms with E-state index in [-0.39, 0.29) is 12.0 Å². The lowest BCUT2D eigenvalue weighted by Crippen LogP contribution is -2.13. The number of carbonyl (C=O) groups excluding carboxylic acids is 3. The monoisotopic (exact) mass is 578 g/mol. The Balaban J connectivity index is 0.00000483. The maximum absolute atomic E-state index is 12.0. The number of hydrazone groups is 1.